The quantitative estimate of drug-likeness (QED) is 0.380. The van der Waals surface area contributed by atoms with Crippen LogP contribution < -0.4 is 17.1 Å². The third-order valence-electron chi connectivity index (χ3n) is 1.21. The van der Waals surface area contributed by atoms with Crippen LogP contribution in [0.25, 0.3) is 0 Å². The maximum absolute atomic E-state index is 10.2. The summed E-state index contributed by atoms with van der Waals surface area (Å²) in [6, 6.07) is 0. The van der Waals surface area contributed by atoms with Crippen LogP contribution in [0.4, 0.5) is 0 Å². The summed E-state index contributed by atoms with van der Waals surface area (Å²) in [7, 11) is 0. The molecule has 0 fully saturated rings. The highest BCUT2D eigenvalue weighted by atomic mass is 16.4. The van der Waals surface area contributed by atoms with E-state index in [2.05, 4.69) is 19.7 Å². The molecule has 0 spiro atoms. The summed E-state index contributed by atoms with van der Waals surface area (Å²) >= 11 is 0. The molecule has 0 atom stereocenters. The van der Waals surface area contributed by atoms with Crippen LogP contribution in [0.3, 0.4) is 0 Å². The number of carbonyl (C=O) groups is 3. The van der Waals surface area contributed by atoms with E-state index >= 15 is 0 Å². The molecule has 0 saturated carbocycles. The van der Waals surface area contributed by atoms with Crippen molar-refractivity contribution in [3.63, 3.8) is 0 Å². The lowest BCUT2D eigenvalue weighted by Crippen LogP contribution is -2.34. The van der Waals surface area contributed by atoms with Gasteiger partial charge >= 0.3 is 35.0 Å². The van der Waals surface area contributed by atoms with Gasteiger partial charge in [-0.3, -0.25) is 15.0 Å². The maximum atomic E-state index is 10.2. The molecule has 0 aromatic carbocycles. The van der Waals surface area contributed by atoms with E-state index in [9.17, 15) is 28.8 Å². The van der Waals surface area contributed by atoms with Crippen molar-refractivity contribution in [1.82, 2.24) is 15.0 Å². The molecule has 0 bridgehead atoms. The number of H-pyrrole nitrogens is 3. The van der Waals surface area contributed by atoms with Gasteiger partial charge in [0, 0.05) is 18.2 Å². The molecule has 174 valence electrons. The zero-order valence-corrected chi connectivity index (χ0v) is 18.1. The van der Waals surface area contributed by atoms with E-state index in [-0.39, 0.29) is 0 Å². The van der Waals surface area contributed by atoms with Crippen molar-refractivity contribution in [2.45, 2.75) is 41.5 Å². The van der Waals surface area contributed by atoms with E-state index in [1.807, 2.05) is 41.5 Å². The van der Waals surface area contributed by atoms with Gasteiger partial charge in [-0.05, 0) is 0 Å². The molecule has 1 rings (SSSR count). The van der Waals surface area contributed by atoms with E-state index in [1.165, 1.54) is 0 Å². The summed E-state index contributed by atoms with van der Waals surface area (Å²) in [5, 5.41) is 22.8. The van der Waals surface area contributed by atoms with Gasteiger partial charge in [0.25, 0.3) is 0 Å². The minimum Gasteiger partial charge on any atom is -0.478 e. The Hall–Kier alpha value is -3.96. The molecule has 0 aliphatic carbocycles. The molecule has 0 aliphatic heterocycles. The van der Waals surface area contributed by atoms with E-state index in [0.717, 1.165) is 18.2 Å². The number of aromatic amines is 3. The summed E-state index contributed by atoms with van der Waals surface area (Å²) < 4.78 is 0. The summed E-state index contributed by atoms with van der Waals surface area (Å²) in [4.78, 5) is 63.7. The van der Waals surface area contributed by atoms with Crippen LogP contribution in [0, 0.1) is 0 Å². The summed E-state index contributed by atoms with van der Waals surface area (Å²) in [5.41, 5.74) is -2.41. The van der Waals surface area contributed by atoms with Gasteiger partial charge in [0.1, 0.15) is 0 Å². The Kier molecular flexibility index (Phi) is 48.8. The fourth-order valence-electron chi connectivity index (χ4n) is 0.403. The van der Waals surface area contributed by atoms with Crippen LogP contribution in [0.1, 0.15) is 41.5 Å². The molecule has 12 nitrogen and oxygen atoms in total. The van der Waals surface area contributed by atoms with Gasteiger partial charge in [0.05, 0.1) is 0 Å². The molecule has 1 heterocycles. The van der Waals surface area contributed by atoms with Gasteiger partial charge in [0.15, 0.2) is 0 Å². The lowest BCUT2D eigenvalue weighted by molar-refractivity contribution is -0.132. The van der Waals surface area contributed by atoms with Crippen molar-refractivity contribution in [1.29, 1.82) is 0 Å². The fourth-order valence-corrected chi connectivity index (χ4v) is 0.403. The maximum Gasteiger partial charge on any atom is 0.330 e. The molecule has 6 N–H and O–H groups in total. The second-order valence-electron chi connectivity index (χ2n) is 2.99. The fraction of sp³-hybridized carbons (Fsp3) is 0.333. The topological polar surface area (TPSA) is 210 Å². The number of rotatable bonds is 3. The molecule has 0 aliphatic rings. The van der Waals surface area contributed by atoms with Crippen molar-refractivity contribution in [2.75, 3.05) is 0 Å². The number of hydrogen-bond acceptors (Lipinski definition) is 6. The molecule has 0 amide bonds. The minimum absolute atomic E-state index is 0.802. The first-order chi connectivity index (χ1) is 14.0. The molecule has 1 aromatic rings. The number of nitrogens with one attached hydrogen (secondary N) is 3. The van der Waals surface area contributed by atoms with Crippen LogP contribution in [0.15, 0.2) is 52.3 Å². The molecule has 1 aromatic heterocycles. The Bertz CT molecular complexity index is 623. The standard InChI is InChI=1S/C3H3N3O3.3C3H4O2.3C2H6/c7-1-4-2(8)6-3(9)5-1;3*1-2-3(4)5;3*1-2/h(H3,4,5,6,7,8,9);3*2H,1H2,(H,4,5);3*1-2H3. The average Bonchev–Trinajstić information content (AvgIpc) is 2.72. The predicted octanol–water partition coefficient (Wildman–Crippen LogP) is 1.60. The highest BCUT2D eigenvalue weighted by Crippen LogP contribution is 1.55. The Labute approximate surface area is 174 Å². The van der Waals surface area contributed by atoms with Gasteiger partial charge < -0.3 is 15.3 Å². The van der Waals surface area contributed by atoms with Crippen LogP contribution in [-0.4, -0.2) is 48.2 Å². The molecule has 12 heteroatoms. The van der Waals surface area contributed by atoms with E-state index in [0.29, 0.717) is 0 Å². The number of aliphatic carboxylic acids is 3. The third-order valence-corrected chi connectivity index (χ3v) is 1.21. The van der Waals surface area contributed by atoms with Gasteiger partial charge in [-0.2, -0.15) is 0 Å². The molecule has 30 heavy (non-hydrogen) atoms. The predicted molar refractivity (Wildman–Crippen MR) is 116 cm³/mol. The average molecular weight is 435 g/mol. The SMILES string of the molecule is C=CC(=O)O.C=CC(=O)O.C=CC(=O)O.CC.CC.CC.O=c1[nH]c(=O)[nH]c(=O)[nH]1. The number of hydrogen-bond donors (Lipinski definition) is 6. The number of carboxylic acid groups (broad SMARTS) is 3. The second-order valence-corrected chi connectivity index (χ2v) is 2.99. The van der Waals surface area contributed by atoms with Crippen LogP contribution in [0.5, 0.6) is 0 Å². The lowest BCUT2D eigenvalue weighted by atomic mass is 10.7. The Morgan fingerprint density at radius 2 is 0.667 bits per heavy atom. The lowest BCUT2D eigenvalue weighted by Gasteiger charge is -1.77. The van der Waals surface area contributed by atoms with Gasteiger partial charge in [-0.25, -0.2) is 28.8 Å². The molecular formula is C18H33N3O9. The Balaban J connectivity index is -0.0000000609. The van der Waals surface area contributed by atoms with Crippen molar-refractivity contribution < 1.29 is 29.7 Å². The van der Waals surface area contributed by atoms with E-state index in [1.54, 1.807) is 15.0 Å². The summed E-state index contributed by atoms with van der Waals surface area (Å²) in [6.07, 6.45) is 2.50. The van der Waals surface area contributed by atoms with Crippen molar-refractivity contribution in [2.24, 2.45) is 0 Å². The largest absolute Gasteiger partial charge is 0.478 e. The van der Waals surface area contributed by atoms with Crippen LogP contribution >= 0.6 is 0 Å². The van der Waals surface area contributed by atoms with Gasteiger partial charge in [0.2, 0.25) is 0 Å². The summed E-state index contributed by atoms with van der Waals surface area (Å²) in [6.45, 7) is 20.9. The smallest absolute Gasteiger partial charge is 0.330 e. The second kappa shape index (κ2) is 36.0. The Morgan fingerprint density at radius 1 is 0.567 bits per heavy atom. The minimum atomic E-state index is -0.981. The normalized spacial score (nSPS) is 6.60. The first kappa shape index (κ1) is 40.7. The van der Waals surface area contributed by atoms with E-state index in [4.69, 9.17) is 15.3 Å². The zero-order valence-electron chi connectivity index (χ0n) is 18.1. The summed E-state index contributed by atoms with van der Waals surface area (Å²) in [5.74, 6) is -2.94. The van der Waals surface area contributed by atoms with Crippen LogP contribution in [-0.2, 0) is 14.4 Å². The number of aromatic nitrogens is 3. The van der Waals surface area contributed by atoms with Gasteiger partial charge in [-0.15, -0.1) is 0 Å². The van der Waals surface area contributed by atoms with Gasteiger partial charge in [-0.1, -0.05) is 61.3 Å². The molecule has 0 unspecified atom stereocenters. The highest BCUT2D eigenvalue weighted by molar-refractivity contribution is 5.79. The zero-order chi connectivity index (χ0) is 25.7. The van der Waals surface area contributed by atoms with Crippen molar-refractivity contribution in [3.8, 4) is 0 Å². The Morgan fingerprint density at radius 3 is 0.733 bits per heavy atom. The van der Waals surface area contributed by atoms with Crippen molar-refractivity contribution >= 4 is 17.9 Å². The first-order valence-electron chi connectivity index (χ1n) is 8.49. The highest BCUT2D eigenvalue weighted by Gasteiger charge is 1.85. The molecule has 0 saturated heterocycles. The first-order valence-corrected chi connectivity index (χ1v) is 8.49. The molecular weight excluding hydrogens is 402 g/mol. The number of carboxylic acids is 3. The third kappa shape index (κ3) is 64.7. The molecule has 0 radical (unpaired) electrons. The van der Waals surface area contributed by atoms with Crippen LogP contribution in [0.2, 0.25) is 0 Å². The van der Waals surface area contributed by atoms with E-state index < -0.39 is 35.0 Å². The van der Waals surface area contributed by atoms with Crippen molar-refractivity contribution in [3.05, 3.63) is 69.4 Å². The monoisotopic (exact) mass is 435 g/mol.